The number of nitrogens with one attached hydrogen (secondary N) is 1. The van der Waals surface area contributed by atoms with Crippen molar-refractivity contribution in [1.82, 2.24) is 5.32 Å². The molecule has 1 amide bonds. The van der Waals surface area contributed by atoms with Gasteiger partial charge in [0.05, 0.1) is 7.11 Å². The van der Waals surface area contributed by atoms with Gasteiger partial charge in [0.15, 0.2) is 0 Å². The van der Waals surface area contributed by atoms with E-state index in [1.807, 2.05) is 26.0 Å². The first-order chi connectivity index (χ1) is 8.11. The standard InChI is InChI=1S/C13H17NO3/c1-8-4-10(5-9(2)13(8)16-3)11-6-14-12(15)7-17-11/h4-5,11H,6-7H2,1-3H3,(H,14,15)/t11-/m0/s1. The van der Waals surface area contributed by atoms with E-state index in [2.05, 4.69) is 5.32 Å². The van der Waals surface area contributed by atoms with Crippen LogP contribution < -0.4 is 10.1 Å². The zero-order valence-electron chi connectivity index (χ0n) is 10.4. The number of rotatable bonds is 2. The molecule has 1 N–H and O–H groups in total. The van der Waals surface area contributed by atoms with Crippen molar-refractivity contribution in [2.45, 2.75) is 20.0 Å². The smallest absolute Gasteiger partial charge is 0.246 e. The van der Waals surface area contributed by atoms with Gasteiger partial charge in [0.1, 0.15) is 18.5 Å². The Morgan fingerprint density at radius 3 is 2.47 bits per heavy atom. The molecule has 0 saturated carbocycles. The van der Waals surface area contributed by atoms with Crippen LogP contribution in [0.15, 0.2) is 12.1 Å². The Balaban J connectivity index is 2.25. The summed E-state index contributed by atoms with van der Waals surface area (Å²) in [7, 11) is 1.67. The Morgan fingerprint density at radius 1 is 1.35 bits per heavy atom. The van der Waals surface area contributed by atoms with E-state index in [-0.39, 0.29) is 18.6 Å². The van der Waals surface area contributed by atoms with E-state index in [4.69, 9.17) is 9.47 Å². The van der Waals surface area contributed by atoms with Crippen molar-refractivity contribution >= 4 is 5.91 Å². The molecule has 1 aromatic carbocycles. The molecule has 0 unspecified atom stereocenters. The summed E-state index contributed by atoms with van der Waals surface area (Å²) in [6, 6.07) is 4.10. The van der Waals surface area contributed by atoms with Gasteiger partial charge < -0.3 is 14.8 Å². The number of morpholine rings is 1. The Labute approximate surface area is 101 Å². The summed E-state index contributed by atoms with van der Waals surface area (Å²) in [6.45, 7) is 4.69. The minimum Gasteiger partial charge on any atom is -0.496 e. The van der Waals surface area contributed by atoms with Crippen LogP contribution in [0.3, 0.4) is 0 Å². The molecule has 1 aliphatic rings. The zero-order valence-corrected chi connectivity index (χ0v) is 10.4. The zero-order chi connectivity index (χ0) is 12.4. The minimum atomic E-state index is -0.0593. The monoisotopic (exact) mass is 235 g/mol. The number of aryl methyl sites for hydroxylation is 2. The third kappa shape index (κ3) is 2.42. The molecule has 1 aliphatic heterocycles. The van der Waals surface area contributed by atoms with Crippen LogP contribution in [0, 0.1) is 13.8 Å². The molecule has 1 fully saturated rings. The minimum absolute atomic E-state index is 0.0526. The second kappa shape index (κ2) is 4.75. The van der Waals surface area contributed by atoms with Gasteiger partial charge in [-0.15, -0.1) is 0 Å². The summed E-state index contributed by atoms with van der Waals surface area (Å²) < 4.78 is 10.8. The molecule has 0 aliphatic carbocycles. The van der Waals surface area contributed by atoms with Crippen molar-refractivity contribution in [1.29, 1.82) is 0 Å². The lowest BCUT2D eigenvalue weighted by Gasteiger charge is -2.24. The van der Waals surface area contributed by atoms with Gasteiger partial charge >= 0.3 is 0 Å². The molecule has 17 heavy (non-hydrogen) atoms. The van der Waals surface area contributed by atoms with E-state index < -0.39 is 0 Å². The first-order valence-electron chi connectivity index (χ1n) is 5.65. The highest BCUT2D eigenvalue weighted by Crippen LogP contribution is 2.28. The van der Waals surface area contributed by atoms with E-state index in [1.165, 1.54) is 0 Å². The molecule has 1 atom stereocenters. The molecule has 4 heteroatoms. The van der Waals surface area contributed by atoms with Gasteiger partial charge in [-0.25, -0.2) is 0 Å². The Kier molecular flexibility index (Phi) is 3.33. The maximum absolute atomic E-state index is 11.0. The fraction of sp³-hybridized carbons (Fsp3) is 0.462. The van der Waals surface area contributed by atoms with Crippen LogP contribution in [0.5, 0.6) is 5.75 Å². The maximum atomic E-state index is 11.0. The van der Waals surface area contributed by atoms with Crippen LogP contribution in [0.1, 0.15) is 22.8 Å². The molecule has 2 rings (SSSR count). The highest BCUT2D eigenvalue weighted by Gasteiger charge is 2.21. The lowest BCUT2D eigenvalue weighted by atomic mass is 10.0. The van der Waals surface area contributed by atoms with Gasteiger partial charge in [-0.1, -0.05) is 0 Å². The molecule has 1 saturated heterocycles. The topological polar surface area (TPSA) is 47.6 Å². The second-order valence-electron chi connectivity index (χ2n) is 4.29. The molecule has 1 heterocycles. The summed E-state index contributed by atoms with van der Waals surface area (Å²) in [5, 5.41) is 2.80. The number of ether oxygens (including phenoxy) is 2. The van der Waals surface area contributed by atoms with Crippen LogP contribution in [-0.4, -0.2) is 26.2 Å². The van der Waals surface area contributed by atoms with E-state index in [0.29, 0.717) is 6.54 Å². The van der Waals surface area contributed by atoms with Gasteiger partial charge in [0.2, 0.25) is 5.91 Å². The van der Waals surface area contributed by atoms with Crippen molar-refractivity contribution in [2.24, 2.45) is 0 Å². The van der Waals surface area contributed by atoms with Crippen LogP contribution in [-0.2, 0) is 9.53 Å². The Bertz CT molecular complexity index is 409. The van der Waals surface area contributed by atoms with Crippen molar-refractivity contribution in [3.05, 3.63) is 28.8 Å². The average Bonchev–Trinajstić information content (AvgIpc) is 2.29. The van der Waals surface area contributed by atoms with Gasteiger partial charge in [-0.2, -0.15) is 0 Å². The quantitative estimate of drug-likeness (QED) is 0.845. The molecule has 0 spiro atoms. The highest BCUT2D eigenvalue weighted by molar-refractivity contribution is 5.77. The highest BCUT2D eigenvalue weighted by atomic mass is 16.5. The number of hydrogen-bond donors (Lipinski definition) is 1. The number of hydrogen-bond acceptors (Lipinski definition) is 3. The van der Waals surface area contributed by atoms with E-state index in [9.17, 15) is 4.79 Å². The fourth-order valence-electron chi connectivity index (χ4n) is 2.20. The average molecular weight is 235 g/mol. The first-order valence-corrected chi connectivity index (χ1v) is 5.65. The van der Waals surface area contributed by atoms with E-state index in [1.54, 1.807) is 7.11 Å². The summed E-state index contributed by atoms with van der Waals surface area (Å²) in [5.74, 6) is 0.858. The number of amides is 1. The third-order valence-electron chi connectivity index (χ3n) is 2.96. The van der Waals surface area contributed by atoms with Gasteiger partial charge in [0.25, 0.3) is 0 Å². The predicted molar refractivity (Wildman–Crippen MR) is 64.2 cm³/mol. The predicted octanol–water partition coefficient (Wildman–Crippen LogP) is 1.50. The summed E-state index contributed by atoms with van der Waals surface area (Å²) >= 11 is 0. The third-order valence-corrected chi connectivity index (χ3v) is 2.96. The van der Waals surface area contributed by atoms with Gasteiger partial charge in [-0.05, 0) is 42.7 Å². The van der Waals surface area contributed by atoms with Crippen LogP contribution in [0.2, 0.25) is 0 Å². The lowest BCUT2D eigenvalue weighted by Crippen LogP contribution is -2.38. The molecular weight excluding hydrogens is 218 g/mol. The SMILES string of the molecule is COc1c(C)cc([C@@H]2CNC(=O)CO2)cc1C. The summed E-state index contributed by atoms with van der Waals surface area (Å²) in [5.41, 5.74) is 3.26. The summed E-state index contributed by atoms with van der Waals surface area (Å²) in [4.78, 5) is 11.0. The van der Waals surface area contributed by atoms with Crippen LogP contribution in [0.25, 0.3) is 0 Å². The first kappa shape index (κ1) is 11.9. The maximum Gasteiger partial charge on any atom is 0.246 e. The lowest BCUT2D eigenvalue weighted by molar-refractivity contribution is -0.133. The largest absolute Gasteiger partial charge is 0.496 e. The fourth-order valence-corrected chi connectivity index (χ4v) is 2.20. The normalized spacial score (nSPS) is 19.9. The van der Waals surface area contributed by atoms with Crippen LogP contribution in [0.4, 0.5) is 0 Å². The molecular formula is C13H17NO3. The van der Waals surface area contributed by atoms with Crippen molar-refractivity contribution in [3.8, 4) is 5.75 Å². The number of carbonyl (C=O) groups excluding carboxylic acids is 1. The number of methoxy groups -OCH3 is 1. The van der Waals surface area contributed by atoms with Crippen molar-refractivity contribution < 1.29 is 14.3 Å². The van der Waals surface area contributed by atoms with Gasteiger partial charge in [0, 0.05) is 6.54 Å². The van der Waals surface area contributed by atoms with Crippen LogP contribution >= 0.6 is 0 Å². The van der Waals surface area contributed by atoms with E-state index in [0.717, 1.165) is 22.4 Å². The van der Waals surface area contributed by atoms with Gasteiger partial charge in [-0.3, -0.25) is 4.79 Å². The number of carbonyl (C=O) groups is 1. The second-order valence-corrected chi connectivity index (χ2v) is 4.29. The Morgan fingerprint density at radius 2 is 2.00 bits per heavy atom. The molecule has 0 radical (unpaired) electrons. The Hall–Kier alpha value is -1.55. The molecule has 0 aromatic heterocycles. The molecule has 1 aromatic rings. The van der Waals surface area contributed by atoms with E-state index >= 15 is 0 Å². The molecule has 4 nitrogen and oxygen atoms in total. The molecule has 92 valence electrons. The number of benzene rings is 1. The van der Waals surface area contributed by atoms with Crippen molar-refractivity contribution in [3.63, 3.8) is 0 Å². The summed E-state index contributed by atoms with van der Waals surface area (Å²) in [6.07, 6.45) is -0.0593. The molecule has 0 bridgehead atoms. The van der Waals surface area contributed by atoms with Crippen molar-refractivity contribution in [2.75, 3.05) is 20.3 Å².